The standard InChI is InChI=1S/C13H22F2N2OS/c1-3-5-10-11(8-16-4-2)19-13(17-10)6-7-18-9-12(14)15/h12,16H,3-9H2,1-2H3. The van der Waals surface area contributed by atoms with Crippen LogP contribution in [0.25, 0.3) is 0 Å². The lowest BCUT2D eigenvalue weighted by Gasteiger charge is -2.00. The number of alkyl halides is 2. The van der Waals surface area contributed by atoms with Crippen LogP contribution in [0.15, 0.2) is 0 Å². The van der Waals surface area contributed by atoms with Crippen molar-refractivity contribution in [3.05, 3.63) is 15.6 Å². The minimum atomic E-state index is -2.39. The molecular weight excluding hydrogens is 270 g/mol. The molecule has 0 saturated heterocycles. The van der Waals surface area contributed by atoms with E-state index in [4.69, 9.17) is 4.74 Å². The van der Waals surface area contributed by atoms with E-state index in [1.54, 1.807) is 11.3 Å². The molecular formula is C13H22F2N2OS. The van der Waals surface area contributed by atoms with Gasteiger partial charge in [0.15, 0.2) is 0 Å². The SMILES string of the molecule is CCCc1nc(CCOCC(F)F)sc1CNCC. The molecule has 0 spiro atoms. The average molecular weight is 292 g/mol. The molecule has 0 radical (unpaired) electrons. The third-order valence-electron chi connectivity index (χ3n) is 2.55. The largest absolute Gasteiger partial charge is 0.375 e. The van der Waals surface area contributed by atoms with Crippen molar-refractivity contribution in [2.45, 2.75) is 46.1 Å². The van der Waals surface area contributed by atoms with Crippen LogP contribution in [-0.4, -0.2) is 31.2 Å². The highest BCUT2D eigenvalue weighted by Gasteiger charge is 2.10. The predicted molar refractivity (Wildman–Crippen MR) is 74.0 cm³/mol. The third kappa shape index (κ3) is 6.40. The first-order chi connectivity index (χ1) is 9.17. The topological polar surface area (TPSA) is 34.1 Å². The minimum absolute atomic E-state index is 0.310. The monoisotopic (exact) mass is 292 g/mol. The van der Waals surface area contributed by atoms with Gasteiger partial charge in [-0.1, -0.05) is 20.3 Å². The van der Waals surface area contributed by atoms with Gasteiger partial charge in [-0.2, -0.15) is 0 Å². The molecule has 19 heavy (non-hydrogen) atoms. The lowest BCUT2D eigenvalue weighted by atomic mass is 10.2. The Morgan fingerprint density at radius 3 is 2.74 bits per heavy atom. The zero-order chi connectivity index (χ0) is 14.1. The Kier molecular flexibility index (Phi) is 8.09. The van der Waals surface area contributed by atoms with Gasteiger partial charge in [0.2, 0.25) is 0 Å². The maximum atomic E-state index is 11.9. The number of thiazole rings is 1. The number of rotatable bonds is 10. The lowest BCUT2D eigenvalue weighted by Crippen LogP contribution is -2.11. The summed E-state index contributed by atoms with van der Waals surface area (Å²) in [6.07, 6.45) is 0.246. The zero-order valence-corrected chi connectivity index (χ0v) is 12.4. The van der Waals surface area contributed by atoms with Gasteiger partial charge in [0.25, 0.3) is 6.43 Å². The summed E-state index contributed by atoms with van der Waals surface area (Å²) in [5.74, 6) is 0. The quantitative estimate of drug-likeness (QED) is 0.673. The van der Waals surface area contributed by atoms with Crippen LogP contribution in [0.3, 0.4) is 0 Å². The summed E-state index contributed by atoms with van der Waals surface area (Å²) in [5.41, 5.74) is 1.14. The van der Waals surface area contributed by atoms with E-state index < -0.39 is 13.0 Å². The Balaban J connectivity index is 2.48. The van der Waals surface area contributed by atoms with Gasteiger partial charge in [-0.3, -0.25) is 0 Å². The summed E-state index contributed by atoms with van der Waals surface area (Å²) >= 11 is 1.66. The number of hydrogen-bond donors (Lipinski definition) is 1. The van der Waals surface area contributed by atoms with E-state index in [2.05, 4.69) is 24.1 Å². The van der Waals surface area contributed by atoms with Gasteiger partial charge in [-0.05, 0) is 13.0 Å². The van der Waals surface area contributed by atoms with E-state index in [-0.39, 0.29) is 0 Å². The van der Waals surface area contributed by atoms with Crippen molar-refractivity contribution >= 4 is 11.3 Å². The van der Waals surface area contributed by atoms with Crippen LogP contribution in [0.1, 0.15) is 35.8 Å². The predicted octanol–water partition coefficient (Wildman–Crippen LogP) is 3.03. The molecule has 0 unspecified atom stereocenters. The van der Waals surface area contributed by atoms with Gasteiger partial charge >= 0.3 is 0 Å². The summed E-state index contributed by atoms with van der Waals surface area (Å²) in [7, 11) is 0. The molecule has 0 atom stereocenters. The smallest absolute Gasteiger partial charge is 0.261 e. The van der Waals surface area contributed by atoms with E-state index in [0.717, 1.165) is 36.6 Å². The van der Waals surface area contributed by atoms with Crippen LogP contribution in [0, 0.1) is 0 Å². The molecule has 1 rings (SSSR count). The molecule has 3 nitrogen and oxygen atoms in total. The number of nitrogens with zero attached hydrogens (tertiary/aromatic N) is 1. The fraction of sp³-hybridized carbons (Fsp3) is 0.769. The summed E-state index contributed by atoms with van der Waals surface area (Å²) in [5, 5.41) is 4.28. The highest BCUT2D eigenvalue weighted by Crippen LogP contribution is 2.20. The van der Waals surface area contributed by atoms with Gasteiger partial charge in [-0.25, -0.2) is 13.8 Å². The molecule has 0 fully saturated rings. The first-order valence-corrected chi connectivity index (χ1v) is 7.53. The van der Waals surface area contributed by atoms with Crippen LogP contribution < -0.4 is 5.32 Å². The molecule has 1 aromatic rings. The number of aromatic nitrogens is 1. The molecule has 110 valence electrons. The van der Waals surface area contributed by atoms with Gasteiger partial charge in [-0.15, -0.1) is 11.3 Å². The molecule has 0 saturated carbocycles. The van der Waals surface area contributed by atoms with Crippen LogP contribution >= 0.6 is 11.3 Å². The van der Waals surface area contributed by atoms with Crippen molar-refractivity contribution in [1.82, 2.24) is 10.3 Å². The van der Waals surface area contributed by atoms with Gasteiger partial charge in [0, 0.05) is 17.8 Å². The van der Waals surface area contributed by atoms with E-state index in [9.17, 15) is 8.78 Å². The molecule has 0 aromatic carbocycles. The molecule has 1 aromatic heterocycles. The van der Waals surface area contributed by atoms with Crippen LogP contribution in [0.4, 0.5) is 8.78 Å². The summed E-state index contributed by atoms with van der Waals surface area (Å²) < 4.78 is 28.7. The summed E-state index contributed by atoms with van der Waals surface area (Å²) in [6, 6.07) is 0. The number of hydrogen-bond acceptors (Lipinski definition) is 4. The maximum absolute atomic E-state index is 11.9. The zero-order valence-electron chi connectivity index (χ0n) is 11.5. The van der Waals surface area contributed by atoms with E-state index >= 15 is 0 Å². The van der Waals surface area contributed by atoms with E-state index in [1.807, 2.05) is 0 Å². The van der Waals surface area contributed by atoms with Crippen molar-refractivity contribution < 1.29 is 13.5 Å². The fourth-order valence-corrected chi connectivity index (χ4v) is 2.75. The molecule has 1 heterocycles. The number of halogens is 2. The van der Waals surface area contributed by atoms with Gasteiger partial charge in [0.05, 0.1) is 17.3 Å². The van der Waals surface area contributed by atoms with Crippen molar-refractivity contribution in [2.24, 2.45) is 0 Å². The fourth-order valence-electron chi connectivity index (χ4n) is 1.68. The van der Waals surface area contributed by atoms with Crippen molar-refractivity contribution in [1.29, 1.82) is 0 Å². The second-order valence-corrected chi connectivity index (χ2v) is 5.39. The highest BCUT2D eigenvalue weighted by atomic mass is 32.1. The Morgan fingerprint density at radius 2 is 2.11 bits per heavy atom. The molecule has 0 amide bonds. The van der Waals surface area contributed by atoms with Gasteiger partial charge < -0.3 is 10.1 Å². The van der Waals surface area contributed by atoms with Crippen LogP contribution in [0.2, 0.25) is 0 Å². The van der Waals surface area contributed by atoms with Crippen molar-refractivity contribution in [2.75, 3.05) is 19.8 Å². The number of nitrogens with one attached hydrogen (secondary N) is 1. The highest BCUT2D eigenvalue weighted by molar-refractivity contribution is 7.11. The molecule has 0 aliphatic rings. The van der Waals surface area contributed by atoms with Crippen LogP contribution in [0.5, 0.6) is 0 Å². The third-order valence-corrected chi connectivity index (χ3v) is 3.71. The Hall–Kier alpha value is -0.590. The molecule has 1 N–H and O–H groups in total. The molecule has 0 aliphatic heterocycles. The van der Waals surface area contributed by atoms with Gasteiger partial charge in [0.1, 0.15) is 6.61 Å². The second kappa shape index (κ2) is 9.34. The maximum Gasteiger partial charge on any atom is 0.261 e. The Bertz CT molecular complexity index is 358. The Morgan fingerprint density at radius 1 is 1.32 bits per heavy atom. The summed E-state index contributed by atoms with van der Waals surface area (Å²) in [6.45, 7) is 5.78. The second-order valence-electron chi connectivity index (χ2n) is 4.22. The molecule has 6 heteroatoms. The van der Waals surface area contributed by atoms with Crippen LogP contribution in [-0.2, 0) is 24.1 Å². The number of ether oxygens (including phenoxy) is 1. The Labute approximate surface area is 117 Å². The first-order valence-electron chi connectivity index (χ1n) is 6.71. The molecule has 0 bridgehead atoms. The van der Waals surface area contributed by atoms with E-state index in [0.29, 0.717) is 13.0 Å². The number of aryl methyl sites for hydroxylation is 1. The minimum Gasteiger partial charge on any atom is -0.375 e. The first kappa shape index (κ1) is 16.5. The average Bonchev–Trinajstić information content (AvgIpc) is 2.75. The normalized spacial score (nSPS) is 11.4. The van der Waals surface area contributed by atoms with E-state index in [1.165, 1.54) is 4.88 Å². The lowest BCUT2D eigenvalue weighted by molar-refractivity contribution is 0.0187. The summed E-state index contributed by atoms with van der Waals surface area (Å²) in [4.78, 5) is 5.84. The van der Waals surface area contributed by atoms with Crippen molar-refractivity contribution in [3.63, 3.8) is 0 Å². The van der Waals surface area contributed by atoms with Crippen molar-refractivity contribution in [3.8, 4) is 0 Å². The molecule has 0 aliphatic carbocycles.